The standard InChI is InChI=1S/C17H14F3N3S/c18-17(19,20)14-4-1-12(2-5-14)13-3-6-16(22-9-13)21-8-7-15-10-24-11-23-15/h1-6,9-11H,7-8H2,(H,21,22). The number of thiazole rings is 1. The molecule has 2 heterocycles. The average molecular weight is 349 g/mol. The maximum absolute atomic E-state index is 12.6. The van der Waals surface area contributed by atoms with Crippen LogP contribution in [0.3, 0.4) is 0 Å². The third kappa shape index (κ3) is 4.11. The molecule has 124 valence electrons. The molecule has 3 aromatic rings. The summed E-state index contributed by atoms with van der Waals surface area (Å²) in [5.41, 5.74) is 3.65. The molecule has 2 aromatic heterocycles. The molecule has 0 amide bonds. The van der Waals surface area contributed by atoms with Crippen LogP contribution in [0.2, 0.25) is 0 Å². The van der Waals surface area contributed by atoms with Crippen LogP contribution in [0.5, 0.6) is 0 Å². The van der Waals surface area contributed by atoms with Crippen molar-refractivity contribution < 1.29 is 13.2 Å². The maximum atomic E-state index is 12.6. The molecule has 3 rings (SSSR count). The Morgan fingerprint density at radius 1 is 0.958 bits per heavy atom. The van der Waals surface area contributed by atoms with Gasteiger partial charge in [-0.2, -0.15) is 13.2 Å². The highest BCUT2D eigenvalue weighted by molar-refractivity contribution is 7.07. The Morgan fingerprint density at radius 2 is 1.71 bits per heavy atom. The Labute approximate surface area is 141 Å². The Morgan fingerprint density at radius 3 is 2.29 bits per heavy atom. The lowest BCUT2D eigenvalue weighted by Crippen LogP contribution is -2.06. The van der Waals surface area contributed by atoms with Gasteiger partial charge in [-0.1, -0.05) is 12.1 Å². The molecule has 0 bridgehead atoms. The number of nitrogens with zero attached hydrogens (tertiary/aromatic N) is 2. The lowest BCUT2D eigenvalue weighted by Gasteiger charge is -2.08. The third-order valence-corrected chi connectivity index (χ3v) is 4.12. The SMILES string of the molecule is FC(F)(F)c1ccc(-c2ccc(NCCc3cscn3)nc2)cc1. The highest BCUT2D eigenvalue weighted by atomic mass is 32.1. The Bertz CT molecular complexity index is 766. The normalized spacial score (nSPS) is 11.5. The van der Waals surface area contributed by atoms with Crippen LogP contribution >= 0.6 is 11.3 Å². The summed E-state index contributed by atoms with van der Waals surface area (Å²) < 4.78 is 37.7. The Hall–Kier alpha value is -2.41. The summed E-state index contributed by atoms with van der Waals surface area (Å²) in [6.45, 7) is 0.719. The van der Waals surface area contributed by atoms with Gasteiger partial charge >= 0.3 is 6.18 Å². The zero-order chi connectivity index (χ0) is 17.0. The molecule has 0 unspecified atom stereocenters. The molecule has 0 fully saturated rings. The van der Waals surface area contributed by atoms with Crippen molar-refractivity contribution >= 4 is 17.2 Å². The van der Waals surface area contributed by atoms with Crippen LogP contribution in [0.15, 0.2) is 53.5 Å². The van der Waals surface area contributed by atoms with Crippen LogP contribution in [0.1, 0.15) is 11.3 Å². The first-order valence-electron chi connectivity index (χ1n) is 7.27. The minimum absolute atomic E-state index is 0.653. The number of nitrogens with one attached hydrogen (secondary N) is 1. The van der Waals surface area contributed by atoms with Crippen LogP contribution < -0.4 is 5.32 Å². The van der Waals surface area contributed by atoms with Crippen LogP contribution in [-0.4, -0.2) is 16.5 Å². The fourth-order valence-electron chi connectivity index (χ4n) is 2.20. The molecule has 7 heteroatoms. The molecule has 0 atom stereocenters. The summed E-state index contributed by atoms with van der Waals surface area (Å²) in [4.78, 5) is 8.50. The van der Waals surface area contributed by atoms with Crippen molar-refractivity contribution in [3.63, 3.8) is 0 Å². The van der Waals surface area contributed by atoms with Gasteiger partial charge in [0.1, 0.15) is 5.82 Å². The zero-order valence-corrected chi connectivity index (χ0v) is 13.4. The summed E-state index contributed by atoms with van der Waals surface area (Å²) >= 11 is 1.56. The number of benzene rings is 1. The van der Waals surface area contributed by atoms with E-state index in [0.29, 0.717) is 5.56 Å². The van der Waals surface area contributed by atoms with Gasteiger partial charge in [-0.3, -0.25) is 0 Å². The predicted molar refractivity (Wildman–Crippen MR) is 89.0 cm³/mol. The molecule has 0 saturated heterocycles. The van der Waals surface area contributed by atoms with Crippen LogP contribution in [0, 0.1) is 0 Å². The molecule has 0 aliphatic rings. The van der Waals surface area contributed by atoms with E-state index in [1.807, 2.05) is 17.5 Å². The number of aromatic nitrogens is 2. The monoisotopic (exact) mass is 349 g/mol. The number of hydrogen-bond acceptors (Lipinski definition) is 4. The van der Waals surface area contributed by atoms with E-state index in [4.69, 9.17) is 0 Å². The second kappa shape index (κ2) is 7.00. The van der Waals surface area contributed by atoms with Crippen LogP contribution in [0.4, 0.5) is 19.0 Å². The summed E-state index contributed by atoms with van der Waals surface area (Å²) in [5.74, 6) is 0.723. The van der Waals surface area contributed by atoms with E-state index in [9.17, 15) is 13.2 Å². The van der Waals surface area contributed by atoms with Crippen molar-refractivity contribution in [1.82, 2.24) is 9.97 Å². The van der Waals surface area contributed by atoms with E-state index in [-0.39, 0.29) is 0 Å². The average Bonchev–Trinajstić information content (AvgIpc) is 3.08. The van der Waals surface area contributed by atoms with Gasteiger partial charge in [0.05, 0.1) is 16.8 Å². The zero-order valence-electron chi connectivity index (χ0n) is 12.5. The molecule has 1 N–H and O–H groups in total. The van der Waals surface area contributed by atoms with Gasteiger partial charge in [-0.05, 0) is 29.8 Å². The summed E-state index contributed by atoms with van der Waals surface area (Å²) in [6.07, 6.45) is -1.86. The molecule has 0 spiro atoms. The van der Waals surface area contributed by atoms with Gasteiger partial charge in [0.15, 0.2) is 0 Å². The Kier molecular flexibility index (Phi) is 4.80. The molecule has 24 heavy (non-hydrogen) atoms. The van der Waals surface area contributed by atoms with Crippen LogP contribution in [0.25, 0.3) is 11.1 Å². The third-order valence-electron chi connectivity index (χ3n) is 3.48. The number of halogens is 3. The topological polar surface area (TPSA) is 37.8 Å². The molecule has 1 aromatic carbocycles. The van der Waals surface area contributed by atoms with Crippen molar-refractivity contribution in [3.05, 3.63) is 64.7 Å². The van der Waals surface area contributed by atoms with E-state index >= 15 is 0 Å². The fourth-order valence-corrected chi connectivity index (χ4v) is 2.79. The lowest BCUT2D eigenvalue weighted by atomic mass is 10.1. The maximum Gasteiger partial charge on any atom is 0.416 e. The molecule has 0 radical (unpaired) electrons. The van der Waals surface area contributed by atoms with E-state index in [1.165, 1.54) is 12.1 Å². The molecular formula is C17H14F3N3S. The largest absolute Gasteiger partial charge is 0.416 e. The first-order chi connectivity index (χ1) is 11.5. The minimum Gasteiger partial charge on any atom is -0.370 e. The predicted octanol–water partition coefficient (Wildman–Crippen LogP) is 4.88. The van der Waals surface area contributed by atoms with E-state index in [0.717, 1.165) is 42.2 Å². The number of rotatable bonds is 5. The fraction of sp³-hybridized carbons (Fsp3) is 0.176. The molecule has 0 saturated carbocycles. The first kappa shape index (κ1) is 16.4. The van der Waals surface area contributed by atoms with Gasteiger partial charge in [-0.15, -0.1) is 11.3 Å². The van der Waals surface area contributed by atoms with Crippen molar-refractivity contribution in [2.24, 2.45) is 0 Å². The number of anilines is 1. The smallest absolute Gasteiger partial charge is 0.370 e. The summed E-state index contributed by atoms with van der Waals surface area (Å²) in [6, 6.07) is 8.71. The molecule has 0 aliphatic heterocycles. The van der Waals surface area contributed by atoms with Crippen molar-refractivity contribution in [3.8, 4) is 11.1 Å². The van der Waals surface area contributed by atoms with Crippen molar-refractivity contribution in [2.75, 3.05) is 11.9 Å². The number of alkyl halides is 3. The van der Waals surface area contributed by atoms with Crippen molar-refractivity contribution in [1.29, 1.82) is 0 Å². The van der Waals surface area contributed by atoms with Gasteiger partial charge < -0.3 is 5.32 Å². The van der Waals surface area contributed by atoms with Gasteiger partial charge in [-0.25, -0.2) is 9.97 Å². The van der Waals surface area contributed by atoms with E-state index in [2.05, 4.69) is 15.3 Å². The highest BCUT2D eigenvalue weighted by Crippen LogP contribution is 2.30. The first-order valence-corrected chi connectivity index (χ1v) is 8.21. The molecular weight excluding hydrogens is 335 g/mol. The molecule has 0 aliphatic carbocycles. The summed E-state index contributed by atoms with van der Waals surface area (Å²) in [5, 5.41) is 5.20. The van der Waals surface area contributed by atoms with Gasteiger partial charge in [0.25, 0.3) is 0 Å². The highest BCUT2D eigenvalue weighted by Gasteiger charge is 2.29. The van der Waals surface area contributed by atoms with Gasteiger partial charge in [0, 0.05) is 30.1 Å². The number of hydrogen-bond donors (Lipinski definition) is 1. The second-order valence-corrected chi connectivity index (χ2v) is 5.88. The van der Waals surface area contributed by atoms with E-state index in [1.54, 1.807) is 23.0 Å². The lowest BCUT2D eigenvalue weighted by molar-refractivity contribution is -0.137. The minimum atomic E-state index is -4.32. The number of pyridine rings is 1. The quantitative estimate of drug-likeness (QED) is 0.713. The Balaban J connectivity index is 1.61. The van der Waals surface area contributed by atoms with Gasteiger partial charge in [0.2, 0.25) is 0 Å². The summed E-state index contributed by atoms with van der Waals surface area (Å²) in [7, 11) is 0. The van der Waals surface area contributed by atoms with E-state index < -0.39 is 11.7 Å². The van der Waals surface area contributed by atoms with Crippen molar-refractivity contribution in [2.45, 2.75) is 12.6 Å². The molecule has 3 nitrogen and oxygen atoms in total. The van der Waals surface area contributed by atoms with Crippen LogP contribution in [-0.2, 0) is 12.6 Å². The second-order valence-electron chi connectivity index (χ2n) is 5.16.